The first kappa shape index (κ1) is 27.7. The van der Waals surface area contributed by atoms with Crippen LogP contribution in [0.1, 0.15) is 52.0 Å². The number of fused-ring (bicyclic) bond motifs is 1. The normalized spacial score (nSPS) is 17.6. The fourth-order valence-corrected chi connectivity index (χ4v) is 5.59. The maximum atomic E-state index is 13.5. The van der Waals surface area contributed by atoms with Crippen LogP contribution in [0, 0.1) is 5.92 Å². The van der Waals surface area contributed by atoms with Gasteiger partial charge in [-0.3, -0.25) is 18.7 Å². The Balaban J connectivity index is 1.27. The molecule has 3 aromatic carbocycles. The smallest absolute Gasteiger partial charge is 0.349 e. The van der Waals surface area contributed by atoms with Crippen molar-refractivity contribution >= 4 is 34.3 Å². The van der Waals surface area contributed by atoms with Crippen LogP contribution in [0.3, 0.4) is 0 Å². The number of halogens is 4. The number of nitrogens with one attached hydrogen (secondary N) is 1. The predicted molar refractivity (Wildman–Crippen MR) is 147 cm³/mol. The van der Waals surface area contributed by atoms with E-state index in [-0.39, 0.29) is 35.0 Å². The van der Waals surface area contributed by atoms with Crippen LogP contribution < -0.4 is 11.0 Å². The molecule has 208 valence electrons. The number of aromatic nitrogens is 2. The van der Waals surface area contributed by atoms with Gasteiger partial charge in [-0.1, -0.05) is 54.1 Å². The lowest BCUT2D eigenvalue weighted by molar-refractivity contribution is -0.137. The zero-order chi connectivity index (χ0) is 28.4. The molecule has 1 saturated carbocycles. The standard InChI is InChI=1S/C30H27ClF3N3O3/c31-21-12-15-24(30(32,33)34)23(16-21)28(39)35-22-13-10-19(11-14-22)17-36-25-8-4-5-9-26(25)37(29(36)40)18-27(38)20-6-2-1-3-7-20/h1-9,12,15-16,19,22H,10-11,13-14,17-18H2,(H,35,39). The van der Waals surface area contributed by atoms with E-state index in [0.29, 0.717) is 43.3 Å². The van der Waals surface area contributed by atoms with E-state index in [1.54, 1.807) is 28.8 Å². The number of ketones is 1. The Morgan fingerprint density at radius 1 is 0.875 bits per heavy atom. The largest absolute Gasteiger partial charge is 0.417 e. The number of amides is 1. The molecular formula is C30H27ClF3N3O3. The number of para-hydroxylation sites is 2. The van der Waals surface area contributed by atoms with Crippen LogP contribution in [0.15, 0.2) is 77.6 Å². The number of benzene rings is 3. The maximum Gasteiger partial charge on any atom is 0.417 e. The third kappa shape index (κ3) is 5.84. The fraction of sp³-hybridized carbons (Fsp3) is 0.300. The molecule has 6 nitrogen and oxygen atoms in total. The second-order valence-corrected chi connectivity index (χ2v) is 10.6. The van der Waals surface area contributed by atoms with Crippen LogP contribution in [0.2, 0.25) is 5.02 Å². The van der Waals surface area contributed by atoms with Gasteiger partial charge in [0.25, 0.3) is 5.91 Å². The summed E-state index contributed by atoms with van der Waals surface area (Å²) in [7, 11) is 0. The van der Waals surface area contributed by atoms with E-state index >= 15 is 0 Å². The van der Waals surface area contributed by atoms with Gasteiger partial charge >= 0.3 is 11.9 Å². The highest BCUT2D eigenvalue weighted by Crippen LogP contribution is 2.34. The summed E-state index contributed by atoms with van der Waals surface area (Å²) < 4.78 is 43.4. The molecule has 0 atom stereocenters. The molecule has 1 aliphatic rings. The third-order valence-corrected chi connectivity index (χ3v) is 7.71. The van der Waals surface area contributed by atoms with Gasteiger partial charge in [-0.05, 0) is 61.9 Å². The minimum atomic E-state index is -4.67. The molecule has 0 radical (unpaired) electrons. The zero-order valence-corrected chi connectivity index (χ0v) is 22.2. The monoisotopic (exact) mass is 569 g/mol. The summed E-state index contributed by atoms with van der Waals surface area (Å²) in [6.45, 7) is 0.373. The minimum absolute atomic E-state index is 0.0527. The topological polar surface area (TPSA) is 73.1 Å². The van der Waals surface area contributed by atoms with Crippen molar-refractivity contribution in [3.05, 3.63) is 105 Å². The summed E-state index contributed by atoms with van der Waals surface area (Å²) in [4.78, 5) is 39.1. The van der Waals surface area contributed by atoms with E-state index < -0.39 is 23.2 Å². The molecule has 4 aromatic rings. The van der Waals surface area contributed by atoms with Crippen LogP contribution in [-0.2, 0) is 19.3 Å². The number of carbonyl (C=O) groups is 2. The number of alkyl halides is 3. The van der Waals surface area contributed by atoms with Crippen molar-refractivity contribution < 1.29 is 22.8 Å². The van der Waals surface area contributed by atoms with Crippen molar-refractivity contribution in [2.24, 2.45) is 5.92 Å². The molecular weight excluding hydrogens is 543 g/mol. The van der Waals surface area contributed by atoms with Crippen molar-refractivity contribution in [2.75, 3.05) is 0 Å². The van der Waals surface area contributed by atoms with E-state index in [4.69, 9.17) is 11.6 Å². The van der Waals surface area contributed by atoms with Crippen LogP contribution in [-0.4, -0.2) is 26.9 Å². The summed E-state index contributed by atoms with van der Waals surface area (Å²) in [5.41, 5.74) is 0.175. The summed E-state index contributed by atoms with van der Waals surface area (Å²) in [5.74, 6) is -0.831. The van der Waals surface area contributed by atoms with Gasteiger partial charge in [0.15, 0.2) is 5.78 Å². The van der Waals surface area contributed by atoms with Gasteiger partial charge in [-0.2, -0.15) is 13.2 Å². The first-order valence-corrected chi connectivity index (χ1v) is 13.4. The Labute approximate surface area is 233 Å². The van der Waals surface area contributed by atoms with Crippen molar-refractivity contribution in [3.63, 3.8) is 0 Å². The Kier molecular flexibility index (Phi) is 7.85. The van der Waals surface area contributed by atoms with E-state index in [0.717, 1.165) is 23.7 Å². The Morgan fingerprint density at radius 3 is 2.15 bits per heavy atom. The SMILES string of the molecule is O=C(Cn1c(=O)n(CC2CCC(NC(=O)c3cc(Cl)ccc3C(F)(F)F)CC2)c2ccccc21)c1ccccc1. The molecule has 40 heavy (non-hydrogen) atoms. The molecule has 0 bridgehead atoms. The van der Waals surface area contributed by atoms with Crippen LogP contribution in [0.25, 0.3) is 11.0 Å². The fourth-order valence-electron chi connectivity index (χ4n) is 5.42. The average Bonchev–Trinajstić information content (AvgIpc) is 3.19. The number of Topliss-reactive ketones (excluding diaryl/α,β-unsaturated/α-hetero) is 1. The lowest BCUT2D eigenvalue weighted by Crippen LogP contribution is -2.39. The Bertz CT molecular complexity index is 1600. The highest BCUT2D eigenvalue weighted by atomic mass is 35.5. The maximum absolute atomic E-state index is 13.5. The molecule has 1 aromatic heterocycles. The first-order valence-electron chi connectivity index (χ1n) is 13.1. The van der Waals surface area contributed by atoms with Gasteiger partial charge < -0.3 is 5.32 Å². The molecule has 10 heteroatoms. The van der Waals surface area contributed by atoms with Crippen molar-refractivity contribution in [1.29, 1.82) is 0 Å². The van der Waals surface area contributed by atoms with Crippen molar-refractivity contribution in [3.8, 4) is 0 Å². The van der Waals surface area contributed by atoms with Crippen LogP contribution in [0.4, 0.5) is 13.2 Å². The van der Waals surface area contributed by atoms with Gasteiger partial charge in [0, 0.05) is 23.2 Å². The lowest BCUT2D eigenvalue weighted by atomic mass is 9.85. The summed E-state index contributed by atoms with van der Waals surface area (Å²) in [5, 5.41) is 2.79. The molecule has 0 unspecified atom stereocenters. The van der Waals surface area contributed by atoms with E-state index in [1.165, 1.54) is 4.57 Å². The molecule has 5 rings (SSSR count). The van der Waals surface area contributed by atoms with Gasteiger partial charge in [0.1, 0.15) is 0 Å². The first-order chi connectivity index (χ1) is 19.1. The lowest BCUT2D eigenvalue weighted by Gasteiger charge is -2.29. The molecule has 0 spiro atoms. The molecule has 0 saturated heterocycles. The van der Waals surface area contributed by atoms with Crippen LogP contribution in [0.5, 0.6) is 0 Å². The minimum Gasteiger partial charge on any atom is -0.349 e. The number of hydrogen-bond donors (Lipinski definition) is 1. The second-order valence-electron chi connectivity index (χ2n) is 10.1. The summed E-state index contributed by atoms with van der Waals surface area (Å²) in [6, 6.07) is 18.9. The molecule has 1 amide bonds. The number of rotatable bonds is 7. The molecule has 1 N–H and O–H groups in total. The predicted octanol–water partition coefficient (Wildman–Crippen LogP) is 6.35. The van der Waals surface area contributed by atoms with Gasteiger partial charge in [-0.15, -0.1) is 0 Å². The number of hydrogen-bond acceptors (Lipinski definition) is 3. The average molecular weight is 570 g/mol. The highest BCUT2D eigenvalue weighted by molar-refractivity contribution is 6.31. The highest BCUT2D eigenvalue weighted by Gasteiger charge is 2.36. The molecule has 1 fully saturated rings. The summed E-state index contributed by atoms with van der Waals surface area (Å²) in [6.07, 6.45) is -2.17. The Hall–Kier alpha value is -3.85. The van der Waals surface area contributed by atoms with Crippen LogP contribution >= 0.6 is 11.6 Å². The van der Waals surface area contributed by atoms with E-state index in [2.05, 4.69) is 5.32 Å². The van der Waals surface area contributed by atoms with Gasteiger partial charge in [-0.25, -0.2) is 4.79 Å². The van der Waals surface area contributed by atoms with E-state index in [1.807, 2.05) is 30.3 Å². The van der Waals surface area contributed by atoms with Gasteiger partial charge in [0.2, 0.25) is 0 Å². The number of carbonyl (C=O) groups excluding carboxylic acids is 2. The number of imidazole rings is 1. The third-order valence-electron chi connectivity index (χ3n) is 7.48. The number of nitrogens with zero attached hydrogens (tertiary/aromatic N) is 2. The zero-order valence-electron chi connectivity index (χ0n) is 21.5. The molecule has 1 aliphatic carbocycles. The van der Waals surface area contributed by atoms with E-state index in [9.17, 15) is 27.6 Å². The Morgan fingerprint density at radius 2 is 1.50 bits per heavy atom. The molecule has 0 aliphatic heterocycles. The summed E-state index contributed by atoms with van der Waals surface area (Å²) >= 11 is 5.87. The second kappa shape index (κ2) is 11.3. The quantitative estimate of drug-likeness (QED) is 0.264. The van der Waals surface area contributed by atoms with Crippen molar-refractivity contribution in [2.45, 2.75) is 51.0 Å². The van der Waals surface area contributed by atoms with Gasteiger partial charge in [0.05, 0.1) is 28.7 Å². The van der Waals surface area contributed by atoms with Crippen molar-refractivity contribution in [1.82, 2.24) is 14.5 Å². The molecule has 1 heterocycles.